The van der Waals surface area contributed by atoms with Crippen LogP contribution in [0.15, 0.2) is 73.9 Å². The van der Waals surface area contributed by atoms with Gasteiger partial charge in [0.15, 0.2) is 5.17 Å². The second-order valence-electron chi connectivity index (χ2n) is 8.73. The number of rotatable bonds is 5. The predicted octanol–water partition coefficient (Wildman–Crippen LogP) is 4.86. The molecule has 7 nitrogen and oxygen atoms in total. The van der Waals surface area contributed by atoms with Gasteiger partial charge in [-0.1, -0.05) is 82.4 Å². The summed E-state index contributed by atoms with van der Waals surface area (Å²) in [7, 11) is 0. The maximum atomic E-state index is 12.9. The first-order chi connectivity index (χ1) is 18.4. The fourth-order valence-corrected chi connectivity index (χ4v) is 6.88. The van der Waals surface area contributed by atoms with E-state index in [1.165, 1.54) is 28.4 Å². The van der Waals surface area contributed by atoms with E-state index in [1.54, 1.807) is 4.90 Å². The van der Waals surface area contributed by atoms with Crippen molar-refractivity contribution in [2.24, 2.45) is 4.99 Å². The van der Waals surface area contributed by atoms with Crippen LogP contribution in [0.3, 0.4) is 0 Å². The molecule has 3 aliphatic rings. The number of nitrogens with zero attached hydrogens (tertiary/aromatic N) is 4. The van der Waals surface area contributed by atoms with E-state index in [4.69, 9.17) is 12.2 Å². The molecule has 0 spiro atoms. The number of amides is 3. The van der Waals surface area contributed by atoms with Gasteiger partial charge in [-0.2, -0.15) is 4.99 Å². The summed E-state index contributed by atoms with van der Waals surface area (Å²) in [6.07, 6.45) is 3.87. The van der Waals surface area contributed by atoms with E-state index in [0.717, 1.165) is 15.6 Å². The van der Waals surface area contributed by atoms with Crippen molar-refractivity contribution in [2.75, 3.05) is 32.7 Å². The first-order valence-electron chi connectivity index (χ1n) is 12.0. The Bertz CT molecular complexity index is 1380. The van der Waals surface area contributed by atoms with E-state index in [-0.39, 0.29) is 30.7 Å². The maximum absolute atomic E-state index is 12.9. The van der Waals surface area contributed by atoms with Gasteiger partial charge < -0.3 is 9.80 Å². The third-order valence-electron chi connectivity index (χ3n) is 6.18. The molecular formula is C27H23BrN4O3S3. The summed E-state index contributed by atoms with van der Waals surface area (Å²) in [4.78, 5) is 49.0. The van der Waals surface area contributed by atoms with Crippen LogP contribution < -0.4 is 0 Å². The van der Waals surface area contributed by atoms with Gasteiger partial charge >= 0.3 is 0 Å². The Hall–Kier alpha value is -2.73. The number of thioether (sulfide) groups is 2. The zero-order chi connectivity index (χ0) is 26.6. The van der Waals surface area contributed by atoms with E-state index in [0.29, 0.717) is 45.5 Å². The van der Waals surface area contributed by atoms with Gasteiger partial charge in [-0.15, -0.1) is 0 Å². The van der Waals surface area contributed by atoms with Crippen LogP contribution in [0.1, 0.15) is 17.5 Å². The Morgan fingerprint density at radius 2 is 1.66 bits per heavy atom. The van der Waals surface area contributed by atoms with Crippen LogP contribution >= 0.6 is 51.7 Å². The first-order valence-corrected chi connectivity index (χ1v) is 14.8. The molecule has 0 aliphatic carbocycles. The number of thiocarbonyl (C=S) groups is 1. The molecule has 0 unspecified atom stereocenters. The monoisotopic (exact) mass is 626 g/mol. The molecule has 0 N–H and O–H groups in total. The summed E-state index contributed by atoms with van der Waals surface area (Å²) >= 11 is 11.5. The summed E-state index contributed by atoms with van der Waals surface area (Å²) in [6, 6.07) is 17.4. The average Bonchev–Trinajstić information content (AvgIpc) is 3.41. The SMILES string of the molecule is O=C1N=C(N2CCN(C(=O)CCN3C(=O)C(=Cc4cccc(Br)c4)SC3=S)CC2)SC1=Cc1ccccc1. The number of carbonyl (C=O) groups is 3. The van der Waals surface area contributed by atoms with Crippen LogP contribution in [0.25, 0.3) is 12.2 Å². The van der Waals surface area contributed by atoms with E-state index >= 15 is 0 Å². The van der Waals surface area contributed by atoms with Crippen molar-refractivity contribution in [1.29, 1.82) is 0 Å². The van der Waals surface area contributed by atoms with Crippen molar-refractivity contribution < 1.29 is 14.4 Å². The second kappa shape index (κ2) is 12.0. The standard InChI is InChI=1S/C27H23BrN4O3S3/c28-20-8-4-7-19(15-20)17-22-25(35)32(27(36)38-22)10-9-23(33)30-11-13-31(14-12-30)26-29-24(34)21(37-26)16-18-5-2-1-3-6-18/h1-8,15-17H,9-14H2. The van der Waals surface area contributed by atoms with Crippen LogP contribution in [0, 0.1) is 0 Å². The van der Waals surface area contributed by atoms with Gasteiger partial charge in [0.1, 0.15) is 4.32 Å². The number of benzene rings is 2. The number of hydrogen-bond donors (Lipinski definition) is 0. The molecule has 0 bridgehead atoms. The number of amidine groups is 1. The molecule has 0 aromatic heterocycles. The number of aliphatic imine (C=N–C) groups is 1. The Labute approximate surface area is 243 Å². The van der Waals surface area contributed by atoms with Crippen molar-refractivity contribution >= 4 is 91.0 Å². The predicted molar refractivity (Wildman–Crippen MR) is 161 cm³/mol. The van der Waals surface area contributed by atoms with Crippen molar-refractivity contribution in [3.63, 3.8) is 0 Å². The van der Waals surface area contributed by atoms with Gasteiger partial charge in [-0.25, -0.2) is 0 Å². The topological polar surface area (TPSA) is 73.3 Å². The summed E-state index contributed by atoms with van der Waals surface area (Å²) < 4.78 is 1.40. The summed E-state index contributed by atoms with van der Waals surface area (Å²) in [5, 5.41) is 0.680. The Morgan fingerprint density at radius 1 is 0.947 bits per heavy atom. The molecule has 2 fully saturated rings. The number of piperazine rings is 1. The average molecular weight is 628 g/mol. The van der Waals surface area contributed by atoms with Crippen LogP contribution in [-0.4, -0.2) is 74.6 Å². The van der Waals surface area contributed by atoms with E-state index in [2.05, 4.69) is 20.9 Å². The molecule has 0 atom stereocenters. The zero-order valence-electron chi connectivity index (χ0n) is 20.2. The lowest BCUT2D eigenvalue weighted by molar-refractivity contribution is -0.133. The van der Waals surface area contributed by atoms with Gasteiger partial charge in [0.05, 0.1) is 9.81 Å². The fraction of sp³-hybridized carbons (Fsp3) is 0.222. The molecular weight excluding hydrogens is 604 g/mol. The van der Waals surface area contributed by atoms with Gasteiger partial charge in [-0.05, 0) is 47.2 Å². The molecule has 0 saturated carbocycles. The minimum Gasteiger partial charge on any atom is -0.347 e. The molecule has 2 aromatic carbocycles. The largest absolute Gasteiger partial charge is 0.347 e. The summed E-state index contributed by atoms with van der Waals surface area (Å²) in [5.74, 6) is -0.417. The van der Waals surface area contributed by atoms with Gasteiger partial charge in [0, 0.05) is 43.6 Å². The fourth-order valence-electron chi connectivity index (χ4n) is 4.19. The molecule has 3 amide bonds. The van der Waals surface area contributed by atoms with Crippen molar-refractivity contribution in [1.82, 2.24) is 14.7 Å². The van der Waals surface area contributed by atoms with E-state index < -0.39 is 0 Å². The lowest BCUT2D eigenvalue weighted by Gasteiger charge is -2.35. The third-order valence-corrected chi connectivity index (χ3v) is 9.09. The van der Waals surface area contributed by atoms with E-state index in [9.17, 15) is 14.4 Å². The molecule has 11 heteroatoms. The first kappa shape index (κ1) is 26.9. The summed E-state index contributed by atoms with van der Waals surface area (Å²) in [5.41, 5.74) is 1.86. The Morgan fingerprint density at radius 3 is 2.39 bits per heavy atom. The number of carbonyl (C=O) groups excluding carboxylic acids is 3. The molecule has 0 radical (unpaired) electrons. The van der Waals surface area contributed by atoms with Crippen molar-refractivity contribution in [3.05, 3.63) is 80.0 Å². The zero-order valence-corrected chi connectivity index (χ0v) is 24.2. The van der Waals surface area contributed by atoms with E-state index in [1.807, 2.05) is 71.6 Å². The van der Waals surface area contributed by atoms with Gasteiger partial charge in [0.2, 0.25) is 5.91 Å². The highest BCUT2D eigenvalue weighted by molar-refractivity contribution is 9.10. The Balaban J connectivity index is 1.11. The highest BCUT2D eigenvalue weighted by Crippen LogP contribution is 2.33. The quantitative estimate of drug-likeness (QED) is 0.347. The molecule has 5 rings (SSSR count). The number of halogens is 1. The minimum absolute atomic E-state index is 0.0172. The molecule has 3 aliphatic heterocycles. The third kappa shape index (κ3) is 6.28. The maximum Gasteiger partial charge on any atom is 0.286 e. The number of hydrogen-bond acceptors (Lipinski definition) is 7. The van der Waals surface area contributed by atoms with Crippen LogP contribution in [-0.2, 0) is 14.4 Å². The molecule has 194 valence electrons. The lowest BCUT2D eigenvalue weighted by Crippen LogP contribution is -2.50. The highest BCUT2D eigenvalue weighted by atomic mass is 79.9. The second-order valence-corrected chi connectivity index (χ2v) is 12.3. The van der Waals surface area contributed by atoms with Crippen LogP contribution in [0.4, 0.5) is 0 Å². The minimum atomic E-state index is -0.232. The smallest absolute Gasteiger partial charge is 0.286 e. The molecule has 3 heterocycles. The normalized spacial score (nSPS) is 20.2. The highest BCUT2D eigenvalue weighted by Gasteiger charge is 2.33. The molecule has 2 aromatic rings. The van der Waals surface area contributed by atoms with Gasteiger partial charge in [0.25, 0.3) is 11.8 Å². The van der Waals surface area contributed by atoms with Crippen LogP contribution in [0.2, 0.25) is 0 Å². The van der Waals surface area contributed by atoms with Crippen LogP contribution in [0.5, 0.6) is 0 Å². The van der Waals surface area contributed by atoms with Crippen molar-refractivity contribution in [3.8, 4) is 0 Å². The Kier molecular flexibility index (Phi) is 8.47. The van der Waals surface area contributed by atoms with Crippen molar-refractivity contribution in [2.45, 2.75) is 6.42 Å². The van der Waals surface area contributed by atoms with Gasteiger partial charge in [-0.3, -0.25) is 19.3 Å². The molecule has 2 saturated heterocycles. The lowest BCUT2D eigenvalue weighted by atomic mass is 10.2. The summed E-state index contributed by atoms with van der Waals surface area (Å²) in [6.45, 7) is 2.51. The molecule has 38 heavy (non-hydrogen) atoms.